The van der Waals surface area contributed by atoms with Gasteiger partial charge in [-0.3, -0.25) is 4.79 Å². The molecule has 0 bridgehead atoms. The summed E-state index contributed by atoms with van der Waals surface area (Å²) in [6, 6.07) is 10.1. The normalized spacial score (nSPS) is 20.9. The number of nitrogens with zero attached hydrogens (tertiary/aromatic N) is 2. The van der Waals surface area contributed by atoms with Gasteiger partial charge in [-0.15, -0.1) is 11.3 Å². The average Bonchev–Trinajstić information content (AvgIpc) is 2.94. The summed E-state index contributed by atoms with van der Waals surface area (Å²) in [5, 5.41) is 1.05. The topological polar surface area (TPSA) is 42.4 Å². The Balaban J connectivity index is 1.78. The highest BCUT2D eigenvalue weighted by Crippen LogP contribution is 2.28. The lowest BCUT2D eigenvalue weighted by Gasteiger charge is -2.37. The first-order valence-corrected chi connectivity index (χ1v) is 9.71. The average molecular weight is 359 g/mol. The fraction of sp³-hybridized carbons (Fsp3) is 0.500. The van der Waals surface area contributed by atoms with Gasteiger partial charge in [0.25, 0.3) is 5.91 Å². The Bertz CT molecular complexity index is 727. The van der Waals surface area contributed by atoms with E-state index in [2.05, 4.69) is 31.0 Å². The molecule has 3 rings (SSSR count). The summed E-state index contributed by atoms with van der Waals surface area (Å²) in [7, 11) is 0. The zero-order valence-electron chi connectivity index (χ0n) is 15.4. The number of aryl methyl sites for hydroxylation is 1. The number of hydrogen-bond acceptors (Lipinski definition) is 4. The molecule has 1 aliphatic heterocycles. The summed E-state index contributed by atoms with van der Waals surface area (Å²) >= 11 is 1.54. The second-order valence-corrected chi connectivity index (χ2v) is 8.26. The van der Waals surface area contributed by atoms with Crippen molar-refractivity contribution in [2.24, 2.45) is 5.92 Å². The maximum absolute atomic E-state index is 13.1. The van der Waals surface area contributed by atoms with Gasteiger partial charge in [0, 0.05) is 13.0 Å². The zero-order chi connectivity index (χ0) is 18.0. The highest BCUT2D eigenvalue weighted by atomic mass is 32.1. The molecule has 1 aliphatic rings. The summed E-state index contributed by atoms with van der Waals surface area (Å²) < 4.78 is 6.07. The van der Waals surface area contributed by atoms with E-state index in [0.29, 0.717) is 19.0 Å². The van der Waals surface area contributed by atoms with Gasteiger partial charge in [0.2, 0.25) is 0 Å². The van der Waals surface area contributed by atoms with Crippen LogP contribution in [0.4, 0.5) is 0 Å². The molecule has 1 aromatic heterocycles. The van der Waals surface area contributed by atoms with E-state index in [1.807, 2.05) is 36.9 Å². The lowest BCUT2D eigenvalue weighted by molar-refractivity contribution is -0.0690. The van der Waals surface area contributed by atoms with Crippen molar-refractivity contribution >= 4 is 17.2 Å². The Morgan fingerprint density at radius 3 is 2.72 bits per heavy atom. The Hall–Kier alpha value is -1.72. The van der Waals surface area contributed by atoms with Crippen molar-refractivity contribution in [2.45, 2.75) is 46.3 Å². The molecule has 2 heterocycles. The number of rotatable bonds is 4. The van der Waals surface area contributed by atoms with Crippen molar-refractivity contribution in [3.8, 4) is 0 Å². The molecule has 0 saturated carbocycles. The van der Waals surface area contributed by atoms with Gasteiger partial charge in [0.1, 0.15) is 11.0 Å². The number of thiazole rings is 1. The molecule has 0 spiro atoms. The van der Waals surface area contributed by atoms with Gasteiger partial charge in [0.05, 0.1) is 23.4 Å². The molecule has 0 N–H and O–H groups in total. The van der Waals surface area contributed by atoms with Crippen molar-refractivity contribution < 1.29 is 9.53 Å². The lowest BCUT2D eigenvalue weighted by Crippen LogP contribution is -2.45. The number of carbonyl (C=O) groups excluding carboxylic acids is 1. The van der Waals surface area contributed by atoms with Crippen molar-refractivity contribution in [1.29, 1.82) is 0 Å². The number of morpholine rings is 1. The van der Waals surface area contributed by atoms with Crippen LogP contribution in [-0.4, -0.2) is 35.0 Å². The molecule has 0 radical (unpaired) electrons. The van der Waals surface area contributed by atoms with E-state index in [4.69, 9.17) is 4.74 Å². The van der Waals surface area contributed by atoms with Crippen molar-refractivity contribution in [3.63, 3.8) is 0 Å². The first kappa shape index (κ1) is 18.1. The van der Waals surface area contributed by atoms with Crippen molar-refractivity contribution in [1.82, 2.24) is 9.88 Å². The molecular formula is C20H26N2O2S. The van der Waals surface area contributed by atoms with Crippen LogP contribution in [0, 0.1) is 12.8 Å². The SMILES string of the molecule is Cc1nc(CC(C)C)sc1C(=O)N1CC(C)OC(c2ccccc2)C1. The third-order valence-electron chi connectivity index (χ3n) is 4.34. The predicted octanol–water partition coefficient (Wildman–Crippen LogP) is 4.25. The molecular weight excluding hydrogens is 332 g/mol. The van der Waals surface area contributed by atoms with E-state index >= 15 is 0 Å². The maximum Gasteiger partial charge on any atom is 0.266 e. The van der Waals surface area contributed by atoms with Crippen LogP contribution in [0.1, 0.15) is 52.8 Å². The summed E-state index contributed by atoms with van der Waals surface area (Å²) in [6.45, 7) is 9.52. The van der Waals surface area contributed by atoms with Gasteiger partial charge in [-0.2, -0.15) is 0 Å². The fourth-order valence-corrected chi connectivity index (χ4v) is 4.44. The molecule has 1 fully saturated rings. The first-order chi connectivity index (χ1) is 11.9. The van der Waals surface area contributed by atoms with E-state index in [-0.39, 0.29) is 18.1 Å². The summed E-state index contributed by atoms with van der Waals surface area (Å²) in [4.78, 5) is 20.4. The second kappa shape index (κ2) is 7.67. The molecule has 1 amide bonds. The second-order valence-electron chi connectivity index (χ2n) is 7.18. The highest BCUT2D eigenvalue weighted by Gasteiger charge is 2.31. The Labute approximate surface area is 153 Å². The smallest absolute Gasteiger partial charge is 0.266 e. The van der Waals surface area contributed by atoms with Crippen molar-refractivity contribution in [3.05, 3.63) is 51.5 Å². The number of ether oxygens (including phenoxy) is 1. The highest BCUT2D eigenvalue weighted by molar-refractivity contribution is 7.13. The minimum absolute atomic E-state index is 0.0197. The quantitative estimate of drug-likeness (QED) is 0.820. The fourth-order valence-electron chi connectivity index (χ4n) is 3.20. The summed E-state index contributed by atoms with van der Waals surface area (Å²) in [5.41, 5.74) is 1.97. The number of amides is 1. The van der Waals surface area contributed by atoms with Gasteiger partial charge < -0.3 is 9.64 Å². The van der Waals surface area contributed by atoms with Gasteiger partial charge >= 0.3 is 0 Å². The summed E-state index contributed by atoms with van der Waals surface area (Å²) in [6.07, 6.45) is 0.869. The molecule has 0 aliphatic carbocycles. The third kappa shape index (κ3) is 4.28. The van der Waals surface area contributed by atoms with E-state index in [1.165, 1.54) is 0 Å². The number of carbonyl (C=O) groups is 1. The lowest BCUT2D eigenvalue weighted by atomic mass is 10.1. The first-order valence-electron chi connectivity index (χ1n) is 8.90. The Morgan fingerprint density at radius 2 is 2.04 bits per heavy atom. The number of hydrogen-bond donors (Lipinski definition) is 0. The van der Waals surface area contributed by atoms with E-state index in [9.17, 15) is 4.79 Å². The van der Waals surface area contributed by atoms with Crippen LogP contribution < -0.4 is 0 Å². The molecule has 1 aromatic carbocycles. The molecule has 4 nitrogen and oxygen atoms in total. The van der Waals surface area contributed by atoms with Crippen LogP contribution in [0.15, 0.2) is 30.3 Å². The van der Waals surface area contributed by atoms with Gasteiger partial charge in [-0.05, 0) is 25.3 Å². The maximum atomic E-state index is 13.1. The minimum atomic E-state index is -0.0720. The molecule has 25 heavy (non-hydrogen) atoms. The van der Waals surface area contributed by atoms with E-state index < -0.39 is 0 Å². The molecule has 5 heteroatoms. The Morgan fingerprint density at radius 1 is 1.32 bits per heavy atom. The monoisotopic (exact) mass is 358 g/mol. The summed E-state index contributed by atoms with van der Waals surface area (Å²) in [5.74, 6) is 0.625. The number of aromatic nitrogens is 1. The predicted molar refractivity (Wildman–Crippen MR) is 101 cm³/mol. The van der Waals surface area contributed by atoms with Crippen LogP contribution >= 0.6 is 11.3 Å². The van der Waals surface area contributed by atoms with Crippen LogP contribution in [0.2, 0.25) is 0 Å². The van der Waals surface area contributed by atoms with Crippen LogP contribution in [-0.2, 0) is 11.2 Å². The van der Waals surface area contributed by atoms with Crippen LogP contribution in [0.25, 0.3) is 0 Å². The standard InChI is InChI=1S/C20H26N2O2S/c1-13(2)10-18-21-15(4)19(25-18)20(23)22-11-14(3)24-17(12-22)16-8-6-5-7-9-16/h5-9,13-14,17H,10-12H2,1-4H3. The molecule has 2 aromatic rings. The minimum Gasteiger partial charge on any atom is -0.367 e. The molecule has 1 saturated heterocycles. The molecule has 2 atom stereocenters. The number of benzene rings is 1. The Kier molecular flexibility index (Phi) is 5.54. The largest absolute Gasteiger partial charge is 0.367 e. The zero-order valence-corrected chi connectivity index (χ0v) is 16.2. The third-order valence-corrected chi connectivity index (χ3v) is 5.50. The van der Waals surface area contributed by atoms with Gasteiger partial charge in [0.15, 0.2) is 0 Å². The molecule has 134 valence electrons. The van der Waals surface area contributed by atoms with Crippen molar-refractivity contribution in [2.75, 3.05) is 13.1 Å². The molecule has 2 unspecified atom stereocenters. The van der Waals surface area contributed by atoms with E-state index in [0.717, 1.165) is 27.6 Å². The van der Waals surface area contributed by atoms with Crippen LogP contribution in [0.3, 0.4) is 0 Å². The van der Waals surface area contributed by atoms with Gasteiger partial charge in [-0.1, -0.05) is 44.2 Å². The van der Waals surface area contributed by atoms with Gasteiger partial charge in [-0.25, -0.2) is 4.98 Å². The van der Waals surface area contributed by atoms with Crippen LogP contribution in [0.5, 0.6) is 0 Å². The van der Waals surface area contributed by atoms with E-state index in [1.54, 1.807) is 11.3 Å².